The first-order valence-corrected chi connectivity index (χ1v) is 7.71. The maximum absolute atomic E-state index is 12.3. The van der Waals surface area contributed by atoms with Gasteiger partial charge in [0.2, 0.25) is 10.1 Å². The molecule has 1 atom stereocenters. The molecule has 2 rings (SSSR count). The zero-order valence-corrected chi connectivity index (χ0v) is 12.7. The zero-order valence-electron chi connectivity index (χ0n) is 11.1. The number of rotatable bonds is 5. The van der Waals surface area contributed by atoms with Crippen LogP contribution in [0.1, 0.15) is 34.6 Å². The number of anilines is 1. The van der Waals surface area contributed by atoms with Crippen molar-refractivity contribution < 1.29 is 4.79 Å². The van der Waals surface area contributed by atoms with Crippen molar-refractivity contribution in [2.45, 2.75) is 19.9 Å². The van der Waals surface area contributed by atoms with Crippen molar-refractivity contribution in [2.24, 2.45) is 0 Å². The van der Waals surface area contributed by atoms with Gasteiger partial charge in [-0.05, 0) is 25.3 Å². The summed E-state index contributed by atoms with van der Waals surface area (Å²) in [4.78, 5) is 15.2. The summed E-state index contributed by atoms with van der Waals surface area (Å²) >= 11 is 2.93. The molecule has 0 aliphatic heterocycles. The van der Waals surface area contributed by atoms with Crippen molar-refractivity contribution in [3.05, 3.63) is 27.4 Å². The number of nitrogens with one attached hydrogen (secondary N) is 1. The van der Waals surface area contributed by atoms with E-state index >= 15 is 0 Å². The number of amides is 1. The molecule has 2 aromatic heterocycles. The van der Waals surface area contributed by atoms with Crippen LogP contribution < -0.4 is 5.32 Å². The third-order valence-electron chi connectivity index (χ3n) is 2.79. The molecule has 0 spiro atoms. The number of aromatic nitrogens is 2. The largest absolute Gasteiger partial charge is 0.360 e. The first-order valence-electron chi connectivity index (χ1n) is 6.01. The van der Waals surface area contributed by atoms with E-state index in [2.05, 4.69) is 15.5 Å². The van der Waals surface area contributed by atoms with Crippen LogP contribution in [0.4, 0.5) is 5.13 Å². The van der Waals surface area contributed by atoms with E-state index < -0.39 is 0 Å². The van der Waals surface area contributed by atoms with Crippen LogP contribution in [-0.4, -0.2) is 34.6 Å². The molecule has 2 aromatic rings. The molecular formula is C12H16N4OS2. The Morgan fingerprint density at radius 3 is 2.95 bits per heavy atom. The van der Waals surface area contributed by atoms with Crippen LogP contribution in [0.25, 0.3) is 0 Å². The molecule has 1 unspecified atom stereocenters. The fraction of sp³-hybridized carbons (Fsp3) is 0.417. The average molecular weight is 296 g/mol. The standard InChI is InChI=1S/C12H16N4OS2/c1-4-13-12-15-14-10(19-12)11(17)16(3)8(2)9-6-5-7-18-9/h5-8H,4H2,1-3H3,(H,13,15). The van der Waals surface area contributed by atoms with E-state index in [1.807, 2.05) is 31.4 Å². The minimum Gasteiger partial charge on any atom is -0.360 e. The van der Waals surface area contributed by atoms with Crippen molar-refractivity contribution in [3.8, 4) is 0 Å². The molecule has 0 aliphatic rings. The Hall–Kier alpha value is -1.47. The maximum Gasteiger partial charge on any atom is 0.285 e. The van der Waals surface area contributed by atoms with E-state index in [1.165, 1.54) is 11.3 Å². The normalized spacial score (nSPS) is 12.2. The Labute approximate surface area is 120 Å². The van der Waals surface area contributed by atoms with E-state index in [0.29, 0.717) is 10.1 Å². The SMILES string of the molecule is CCNc1nnc(C(=O)N(C)C(C)c2cccs2)s1. The minimum absolute atomic E-state index is 0.0407. The summed E-state index contributed by atoms with van der Waals surface area (Å²) in [5.74, 6) is -0.0949. The van der Waals surface area contributed by atoms with Gasteiger partial charge in [-0.25, -0.2) is 0 Å². The van der Waals surface area contributed by atoms with E-state index in [9.17, 15) is 4.79 Å². The van der Waals surface area contributed by atoms with Crippen molar-refractivity contribution in [2.75, 3.05) is 18.9 Å². The number of hydrogen-bond donors (Lipinski definition) is 1. The van der Waals surface area contributed by atoms with E-state index in [-0.39, 0.29) is 11.9 Å². The van der Waals surface area contributed by atoms with Crippen LogP contribution in [0.5, 0.6) is 0 Å². The molecular weight excluding hydrogens is 280 g/mol. The number of nitrogens with zero attached hydrogens (tertiary/aromatic N) is 3. The first kappa shape index (κ1) is 14.0. The highest BCUT2D eigenvalue weighted by Crippen LogP contribution is 2.26. The van der Waals surface area contributed by atoms with Crippen molar-refractivity contribution in [1.29, 1.82) is 0 Å². The van der Waals surface area contributed by atoms with Gasteiger partial charge in [0.25, 0.3) is 5.91 Å². The molecule has 0 saturated heterocycles. The number of hydrogen-bond acceptors (Lipinski definition) is 6. The summed E-state index contributed by atoms with van der Waals surface area (Å²) in [6.07, 6.45) is 0. The Kier molecular flexibility index (Phi) is 4.49. The second kappa shape index (κ2) is 6.12. The monoisotopic (exact) mass is 296 g/mol. The summed E-state index contributed by atoms with van der Waals surface area (Å²) in [7, 11) is 1.79. The molecule has 0 saturated carbocycles. The Morgan fingerprint density at radius 2 is 2.32 bits per heavy atom. The molecule has 102 valence electrons. The van der Waals surface area contributed by atoms with E-state index in [1.54, 1.807) is 23.3 Å². The lowest BCUT2D eigenvalue weighted by molar-refractivity contribution is 0.0743. The van der Waals surface area contributed by atoms with Gasteiger partial charge < -0.3 is 10.2 Å². The van der Waals surface area contributed by atoms with Gasteiger partial charge in [-0.3, -0.25) is 4.79 Å². The molecule has 7 heteroatoms. The molecule has 0 bridgehead atoms. The fourth-order valence-corrected chi connectivity index (χ4v) is 3.20. The van der Waals surface area contributed by atoms with Crippen LogP contribution in [0.2, 0.25) is 0 Å². The lowest BCUT2D eigenvalue weighted by Crippen LogP contribution is -2.29. The predicted octanol–water partition coefficient (Wildman–Crippen LogP) is 2.86. The fourth-order valence-electron chi connectivity index (χ4n) is 1.58. The average Bonchev–Trinajstić information content (AvgIpc) is 3.07. The van der Waals surface area contributed by atoms with Gasteiger partial charge in [-0.15, -0.1) is 21.5 Å². The molecule has 5 nitrogen and oxygen atoms in total. The van der Waals surface area contributed by atoms with Crippen LogP contribution in [0, 0.1) is 0 Å². The lowest BCUT2D eigenvalue weighted by atomic mass is 10.2. The van der Waals surface area contributed by atoms with E-state index in [4.69, 9.17) is 0 Å². The molecule has 0 radical (unpaired) electrons. The first-order chi connectivity index (χ1) is 9.13. The van der Waals surface area contributed by atoms with Gasteiger partial charge in [-0.1, -0.05) is 17.4 Å². The van der Waals surface area contributed by atoms with Crippen LogP contribution >= 0.6 is 22.7 Å². The molecule has 1 N–H and O–H groups in total. The Bertz CT molecular complexity index is 538. The highest BCUT2D eigenvalue weighted by molar-refractivity contribution is 7.17. The summed E-state index contributed by atoms with van der Waals surface area (Å²) in [6.45, 7) is 4.76. The molecule has 0 fully saturated rings. The third kappa shape index (κ3) is 3.10. The topological polar surface area (TPSA) is 58.1 Å². The number of carbonyl (C=O) groups excluding carboxylic acids is 1. The lowest BCUT2D eigenvalue weighted by Gasteiger charge is -2.22. The Morgan fingerprint density at radius 1 is 1.53 bits per heavy atom. The van der Waals surface area contributed by atoms with Crippen molar-refractivity contribution in [3.63, 3.8) is 0 Å². The molecule has 2 heterocycles. The van der Waals surface area contributed by atoms with Crippen molar-refractivity contribution in [1.82, 2.24) is 15.1 Å². The second-order valence-electron chi connectivity index (χ2n) is 4.05. The molecule has 0 aromatic carbocycles. The summed E-state index contributed by atoms with van der Waals surface area (Å²) < 4.78 is 0. The van der Waals surface area contributed by atoms with Crippen LogP contribution in [0.15, 0.2) is 17.5 Å². The van der Waals surface area contributed by atoms with Gasteiger partial charge in [0, 0.05) is 18.5 Å². The van der Waals surface area contributed by atoms with Gasteiger partial charge in [0.15, 0.2) is 0 Å². The highest BCUT2D eigenvalue weighted by Gasteiger charge is 2.22. The summed E-state index contributed by atoms with van der Waals surface area (Å²) in [6, 6.07) is 4.06. The zero-order chi connectivity index (χ0) is 13.8. The van der Waals surface area contributed by atoms with E-state index in [0.717, 1.165) is 11.4 Å². The number of thiophene rings is 1. The minimum atomic E-state index is -0.0949. The second-order valence-corrected chi connectivity index (χ2v) is 6.01. The molecule has 1 amide bonds. The van der Waals surface area contributed by atoms with Crippen LogP contribution in [0.3, 0.4) is 0 Å². The predicted molar refractivity (Wildman–Crippen MR) is 78.9 cm³/mol. The van der Waals surface area contributed by atoms with Crippen LogP contribution in [-0.2, 0) is 0 Å². The summed E-state index contributed by atoms with van der Waals surface area (Å²) in [5.41, 5.74) is 0. The van der Waals surface area contributed by atoms with Gasteiger partial charge in [-0.2, -0.15) is 0 Å². The third-order valence-corrected chi connectivity index (χ3v) is 4.70. The van der Waals surface area contributed by atoms with Crippen molar-refractivity contribution >= 4 is 33.7 Å². The molecule has 19 heavy (non-hydrogen) atoms. The molecule has 0 aliphatic carbocycles. The quantitative estimate of drug-likeness (QED) is 0.921. The van der Waals surface area contributed by atoms with Gasteiger partial charge in [0.05, 0.1) is 6.04 Å². The Balaban J connectivity index is 2.09. The maximum atomic E-state index is 12.3. The summed E-state index contributed by atoms with van der Waals surface area (Å²) in [5, 5.41) is 14.1. The van der Waals surface area contributed by atoms with Gasteiger partial charge in [0.1, 0.15) is 0 Å². The number of carbonyl (C=O) groups is 1. The smallest absolute Gasteiger partial charge is 0.285 e. The van der Waals surface area contributed by atoms with Gasteiger partial charge >= 0.3 is 0 Å². The highest BCUT2D eigenvalue weighted by atomic mass is 32.1.